The van der Waals surface area contributed by atoms with Gasteiger partial charge in [-0.3, -0.25) is 0 Å². The van der Waals surface area contributed by atoms with Crippen LogP contribution in [0.25, 0.3) is 0 Å². The van der Waals surface area contributed by atoms with Crippen LogP contribution in [-0.2, 0) is 4.74 Å². The SMILES string of the molecule is N[C@@H](CC1CCOCC1)c1ccc(Cl)c(Oc2ccccc2)c1F. The van der Waals surface area contributed by atoms with Crippen molar-refractivity contribution in [3.63, 3.8) is 0 Å². The summed E-state index contributed by atoms with van der Waals surface area (Å²) in [5, 5.41) is 0.235. The second-order valence-electron chi connectivity index (χ2n) is 6.09. The first-order valence-electron chi connectivity index (χ1n) is 8.19. The van der Waals surface area contributed by atoms with Crippen LogP contribution >= 0.6 is 11.6 Å². The van der Waals surface area contributed by atoms with Gasteiger partial charge < -0.3 is 15.2 Å². The third-order valence-corrected chi connectivity index (χ3v) is 4.67. The van der Waals surface area contributed by atoms with E-state index in [0.29, 0.717) is 17.2 Å². The molecule has 0 amide bonds. The monoisotopic (exact) mass is 349 g/mol. The zero-order chi connectivity index (χ0) is 16.9. The molecular formula is C19H21ClFNO2. The van der Waals surface area contributed by atoms with Crippen molar-refractivity contribution in [2.24, 2.45) is 11.7 Å². The van der Waals surface area contributed by atoms with Gasteiger partial charge in [-0.15, -0.1) is 0 Å². The number of para-hydroxylation sites is 1. The highest BCUT2D eigenvalue weighted by molar-refractivity contribution is 6.32. The molecule has 5 heteroatoms. The van der Waals surface area contributed by atoms with E-state index in [1.807, 2.05) is 18.2 Å². The second kappa shape index (κ2) is 7.97. The standard InChI is InChI=1S/C19H21ClFNO2/c20-16-7-6-15(17(22)12-13-8-10-23-11-9-13)18(21)19(16)24-14-4-2-1-3-5-14/h1-7,13,17H,8-12,22H2/t17-/m0/s1. The highest BCUT2D eigenvalue weighted by atomic mass is 35.5. The van der Waals surface area contributed by atoms with E-state index in [1.165, 1.54) is 0 Å². The molecular weight excluding hydrogens is 329 g/mol. The average molecular weight is 350 g/mol. The van der Waals surface area contributed by atoms with Gasteiger partial charge in [-0.2, -0.15) is 0 Å². The molecule has 128 valence electrons. The lowest BCUT2D eigenvalue weighted by atomic mass is 9.89. The Morgan fingerprint density at radius 2 is 1.88 bits per heavy atom. The number of ether oxygens (including phenoxy) is 2. The van der Waals surface area contributed by atoms with Crippen LogP contribution in [0, 0.1) is 11.7 Å². The van der Waals surface area contributed by atoms with Crippen molar-refractivity contribution >= 4 is 11.6 Å². The molecule has 0 aliphatic carbocycles. The quantitative estimate of drug-likeness (QED) is 0.817. The lowest BCUT2D eigenvalue weighted by molar-refractivity contribution is 0.0617. The zero-order valence-electron chi connectivity index (χ0n) is 13.4. The molecule has 0 bridgehead atoms. The Morgan fingerprint density at radius 1 is 1.17 bits per heavy atom. The highest BCUT2D eigenvalue weighted by Gasteiger charge is 2.23. The summed E-state index contributed by atoms with van der Waals surface area (Å²) >= 11 is 6.13. The molecule has 1 heterocycles. The van der Waals surface area contributed by atoms with E-state index < -0.39 is 5.82 Å². The summed E-state index contributed by atoms with van der Waals surface area (Å²) in [5.74, 6) is 0.546. The zero-order valence-corrected chi connectivity index (χ0v) is 14.1. The van der Waals surface area contributed by atoms with E-state index in [2.05, 4.69) is 0 Å². The Labute approximate surface area is 146 Å². The van der Waals surface area contributed by atoms with Crippen LogP contribution in [0.15, 0.2) is 42.5 Å². The highest BCUT2D eigenvalue weighted by Crippen LogP contribution is 2.37. The molecule has 3 rings (SSSR count). The van der Waals surface area contributed by atoms with Crippen molar-refractivity contribution in [3.8, 4) is 11.5 Å². The van der Waals surface area contributed by atoms with Crippen molar-refractivity contribution in [1.29, 1.82) is 0 Å². The van der Waals surface area contributed by atoms with E-state index in [1.54, 1.807) is 24.3 Å². The summed E-state index contributed by atoms with van der Waals surface area (Å²) in [7, 11) is 0. The Kier molecular flexibility index (Phi) is 5.72. The largest absolute Gasteiger partial charge is 0.453 e. The Balaban J connectivity index is 1.79. The van der Waals surface area contributed by atoms with E-state index in [4.69, 9.17) is 26.8 Å². The average Bonchev–Trinajstić information content (AvgIpc) is 2.60. The van der Waals surface area contributed by atoms with Crippen LogP contribution in [0.5, 0.6) is 11.5 Å². The fraction of sp³-hybridized carbons (Fsp3) is 0.368. The summed E-state index contributed by atoms with van der Waals surface area (Å²) < 4.78 is 25.9. The molecule has 0 saturated carbocycles. The van der Waals surface area contributed by atoms with Gasteiger partial charge in [0.15, 0.2) is 11.6 Å². The molecule has 1 aliphatic rings. The Hall–Kier alpha value is -1.62. The summed E-state index contributed by atoms with van der Waals surface area (Å²) in [4.78, 5) is 0. The topological polar surface area (TPSA) is 44.5 Å². The van der Waals surface area contributed by atoms with E-state index in [9.17, 15) is 4.39 Å². The number of hydrogen-bond acceptors (Lipinski definition) is 3. The number of benzene rings is 2. The predicted molar refractivity (Wildman–Crippen MR) is 93.0 cm³/mol. The molecule has 24 heavy (non-hydrogen) atoms. The van der Waals surface area contributed by atoms with Crippen LogP contribution in [0.2, 0.25) is 5.02 Å². The molecule has 2 N–H and O–H groups in total. The van der Waals surface area contributed by atoms with Crippen molar-refractivity contribution in [1.82, 2.24) is 0 Å². The summed E-state index contributed by atoms with van der Waals surface area (Å²) in [6.45, 7) is 1.51. The summed E-state index contributed by atoms with van der Waals surface area (Å²) in [6.07, 6.45) is 2.67. The van der Waals surface area contributed by atoms with Crippen molar-refractivity contribution < 1.29 is 13.9 Å². The fourth-order valence-corrected chi connectivity index (χ4v) is 3.19. The van der Waals surface area contributed by atoms with Gasteiger partial charge in [-0.1, -0.05) is 35.9 Å². The van der Waals surface area contributed by atoms with Gasteiger partial charge in [0.1, 0.15) is 5.75 Å². The van der Waals surface area contributed by atoms with E-state index >= 15 is 0 Å². The summed E-state index contributed by atoms with van der Waals surface area (Å²) in [6, 6.07) is 11.9. The molecule has 2 aromatic rings. The minimum absolute atomic E-state index is 0.0304. The first kappa shape index (κ1) is 17.2. The first-order chi connectivity index (χ1) is 11.6. The maximum atomic E-state index is 14.9. The molecule has 0 aromatic heterocycles. The third-order valence-electron chi connectivity index (χ3n) is 4.37. The third kappa shape index (κ3) is 4.07. The van der Waals surface area contributed by atoms with Gasteiger partial charge in [0.2, 0.25) is 0 Å². The van der Waals surface area contributed by atoms with Crippen LogP contribution in [0.1, 0.15) is 30.9 Å². The minimum Gasteiger partial charge on any atom is -0.453 e. The normalized spacial score (nSPS) is 16.8. The molecule has 1 saturated heterocycles. The lowest BCUT2D eigenvalue weighted by Crippen LogP contribution is -2.22. The Bertz CT molecular complexity index is 675. The van der Waals surface area contributed by atoms with Gasteiger partial charge in [-0.05, 0) is 43.4 Å². The van der Waals surface area contributed by atoms with Crippen molar-refractivity contribution in [3.05, 3.63) is 58.9 Å². The maximum absolute atomic E-state index is 14.9. The van der Waals surface area contributed by atoms with E-state index in [-0.39, 0.29) is 16.8 Å². The molecule has 2 aromatic carbocycles. The van der Waals surface area contributed by atoms with Gasteiger partial charge in [-0.25, -0.2) is 4.39 Å². The van der Waals surface area contributed by atoms with Gasteiger partial charge in [0, 0.05) is 24.8 Å². The van der Waals surface area contributed by atoms with Crippen LogP contribution in [-0.4, -0.2) is 13.2 Å². The minimum atomic E-state index is -0.481. The van der Waals surface area contributed by atoms with Crippen molar-refractivity contribution in [2.75, 3.05) is 13.2 Å². The molecule has 0 unspecified atom stereocenters. The molecule has 3 nitrogen and oxygen atoms in total. The van der Waals surface area contributed by atoms with E-state index in [0.717, 1.165) is 32.5 Å². The van der Waals surface area contributed by atoms with Crippen LogP contribution < -0.4 is 10.5 Å². The fourth-order valence-electron chi connectivity index (χ4n) is 3.00. The number of hydrogen-bond donors (Lipinski definition) is 1. The van der Waals surface area contributed by atoms with Crippen molar-refractivity contribution in [2.45, 2.75) is 25.3 Å². The van der Waals surface area contributed by atoms with Gasteiger partial charge in [0.25, 0.3) is 0 Å². The molecule has 1 atom stereocenters. The van der Waals surface area contributed by atoms with Crippen LogP contribution in [0.3, 0.4) is 0 Å². The number of halogens is 2. The number of rotatable bonds is 5. The van der Waals surface area contributed by atoms with Gasteiger partial charge in [0.05, 0.1) is 5.02 Å². The molecule has 0 radical (unpaired) electrons. The Morgan fingerprint density at radius 3 is 2.58 bits per heavy atom. The lowest BCUT2D eigenvalue weighted by Gasteiger charge is -2.25. The van der Waals surface area contributed by atoms with Crippen LogP contribution in [0.4, 0.5) is 4.39 Å². The maximum Gasteiger partial charge on any atom is 0.181 e. The molecule has 1 aliphatic heterocycles. The second-order valence-corrected chi connectivity index (χ2v) is 6.50. The predicted octanol–water partition coefficient (Wildman–Crippen LogP) is 5.09. The smallest absolute Gasteiger partial charge is 0.181 e. The first-order valence-corrected chi connectivity index (χ1v) is 8.57. The summed E-state index contributed by atoms with van der Waals surface area (Å²) in [5.41, 5.74) is 6.70. The molecule has 0 spiro atoms. The molecule has 1 fully saturated rings. The number of nitrogens with two attached hydrogens (primary N) is 1. The van der Waals surface area contributed by atoms with Gasteiger partial charge >= 0.3 is 0 Å².